The van der Waals surface area contributed by atoms with Crippen molar-refractivity contribution in [1.29, 1.82) is 0 Å². The van der Waals surface area contributed by atoms with Crippen molar-refractivity contribution in [2.45, 2.75) is 51.4 Å². The Labute approximate surface area is 100 Å². The summed E-state index contributed by atoms with van der Waals surface area (Å²) in [6, 6.07) is 0. The van der Waals surface area contributed by atoms with E-state index >= 15 is 0 Å². The van der Waals surface area contributed by atoms with Crippen molar-refractivity contribution in [2.24, 2.45) is 11.8 Å². The van der Waals surface area contributed by atoms with Crippen molar-refractivity contribution in [3.05, 3.63) is 0 Å². The fourth-order valence-corrected chi connectivity index (χ4v) is 2.86. The Morgan fingerprint density at radius 3 is 1.09 bits per heavy atom. The fraction of sp³-hybridized carbons (Fsp3) is 1.00. The first kappa shape index (κ1) is 10.3. The molecule has 0 atom stereocenters. The molecule has 2 rings (SSSR count). The molecule has 2 saturated carbocycles. The largest absolute Gasteiger partial charge is 0.0530 e. The van der Waals surface area contributed by atoms with E-state index in [2.05, 4.69) is 0 Å². The fourth-order valence-electron chi connectivity index (χ4n) is 2.86. The van der Waals surface area contributed by atoms with Crippen LogP contribution in [-0.2, 0) is 0 Å². The minimum absolute atomic E-state index is 0. The van der Waals surface area contributed by atoms with Gasteiger partial charge in [0.1, 0.15) is 0 Å². The van der Waals surface area contributed by atoms with E-state index in [1.807, 2.05) is 0 Å². The molecule has 2 fully saturated rings. The third-order valence-electron chi connectivity index (χ3n) is 3.47. The van der Waals surface area contributed by atoms with E-state index in [1.54, 1.807) is 25.7 Å². The molecule has 0 amide bonds. The third kappa shape index (κ3) is 2.60. The van der Waals surface area contributed by atoms with E-state index < -0.39 is 0 Å². The summed E-state index contributed by atoms with van der Waals surface area (Å²) in [5, 5.41) is 0. The molecule has 0 unspecified atom stereocenters. The minimum atomic E-state index is 0. The van der Waals surface area contributed by atoms with Gasteiger partial charge in [0, 0.05) is 37.7 Å². The quantitative estimate of drug-likeness (QED) is 0.533. The summed E-state index contributed by atoms with van der Waals surface area (Å²) < 4.78 is 0. The van der Waals surface area contributed by atoms with Crippen molar-refractivity contribution >= 4 is 0 Å². The van der Waals surface area contributed by atoms with Crippen LogP contribution in [0.1, 0.15) is 51.4 Å². The Morgan fingerprint density at radius 2 is 0.818 bits per heavy atom. The summed E-state index contributed by atoms with van der Waals surface area (Å²) in [4.78, 5) is 0. The summed E-state index contributed by atoms with van der Waals surface area (Å²) in [5.74, 6) is 2.31. The van der Waals surface area contributed by atoms with Crippen molar-refractivity contribution in [1.82, 2.24) is 0 Å². The smallest absolute Gasteiger partial charge is 0 e. The minimum Gasteiger partial charge on any atom is -0.0530 e. The van der Waals surface area contributed by atoms with Crippen LogP contribution >= 0.6 is 0 Å². The molecule has 0 aliphatic heterocycles. The molecule has 11 heavy (non-hydrogen) atoms. The number of hydrogen-bond acceptors (Lipinski definition) is 0. The molecule has 0 saturated heterocycles. The van der Waals surface area contributed by atoms with Gasteiger partial charge in [-0.15, -0.1) is 0 Å². The van der Waals surface area contributed by atoms with E-state index in [0.29, 0.717) is 0 Å². The zero-order chi connectivity index (χ0) is 6.81. The molecule has 0 aromatic heterocycles. The summed E-state index contributed by atoms with van der Waals surface area (Å²) in [7, 11) is 0. The molecule has 0 aromatic rings. The van der Waals surface area contributed by atoms with Gasteiger partial charge >= 0.3 is 0 Å². The number of rotatable bonds is 0. The molecule has 0 spiro atoms. The zero-order valence-corrected chi connectivity index (χ0v) is 7.87. The second kappa shape index (κ2) is 5.09. The molecule has 0 N–H and O–H groups in total. The Morgan fingerprint density at radius 1 is 0.545 bits per heavy atom. The van der Waals surface area contributed by atoms with Crippen LogP contribution < -0.4 is 0 Å². The van der Waals surface area contributed by atoms with Crippen molar-refractivity contribution in [3.63, 3.8) is 0 Å². The van der Waals surface area contributed by atoms with Gasteiger partial charge in [-0.25, -0.2) is 0 Å². The van der Waals surface area contributed by atoms with Gasteiger partial charge in [-0.1, -0.05) is 51.4 Å². The van der Waals surface area contributed by atoms with Crippen LogP contribution in [-0.4, -0.2) is 0 Å². The Kier molecular flexibility index (Phi) is 4.79. The van der Waals surface area contributed by atoms with E-state index in [0.717, 1.165) is 11.8 Å². The van der Waals surface area contributed by atoms with Gasteiger partial charge < -0.3 is 0 Å². The Bertz CT molecular complexity index is 85.4. The monoisotopic (exact) mass is 178 g/mol. The summed E-state index contributed by atoms with van der Waals surface area (Å²) >= 11 is 0. The van der Waals surface area contributed by atoms with Gasteiger partial charge in [-0.2, -0.15) is 0 Å². The van der Waals surface area contributed by atoms with Crippen LogP contribution in [0.2, 0.25) is 0 Å². The number of fused-ring (bicyclic) bond motifs is 1. The predicted molar refractivity (Wildman–Crippen MR) is 43.9 cm³/mol. The molecule has 0 heterocycles. The van der Waals surface area contributed by atoms with Gasteiger partial charge in [0.2, 0.25) is 0 Å². The van der Waals surface area contributed by atoms with Crippen LogP contribution in [0.15, 0.2) is 0 Å². The normalized spacial score (nSPS) is 37.1. The van der Waals surface area contributed by atoms with Crippen molar-refractivity contribution in [3.8, 4) is 0 Å². The van der Waals surface area contributed by atoms with Crippen LogP contribution in [0.5, 0.6) is 0 Å². The predicted octanol–water partition coefficient (Wildman–Crippen LogP) is 3.37. The Hall–Kier alpha value is 1.26. The van der Waals surface area contributed by atoms with Crippen molar-refractivity contribution in [2.75, 3.05) is 0 Å². The first-order valence-electron chi connectivity index (χ1n) is 4.97. The van der Waals surface area contributed by atoms with Gasteiger partial charge in [-0.3, -0.25) is 0 Å². The molecular weight excluding hydrogens is 160 g/mol. The van der Waals surface area contributed by atoms with Gasteiger partial charge in [0.15, 0.2) is 0 Å². The molecule has 0 bridgehead atoms. The SMILES string of the molecule is C1CCC2CCCCC2C1.[Ar]. The zero-order valence-electron chi connectivity index (χ0n) is 7.17. The van der Waals surface area contributed by atoms with Crippen LogP contribution in [0.4, 0.5) is 0 Å². The molecular formula is C10H18Ar. The maximum Gasteiger partial charge on any atom is 0 e. The van der Waals surface area contributed by atoms with E-state index in [9.17, 15) is 0 Å². The molecule has 0 aromatic carbocycles. The van der Waals surface area contributed by atoms with E-state index in [-0.39, 0.29) is 37.7 Å². The third-order valence-corrected chi connectivity index (χ3v) is 3.47. The second-order valence-corrected chi connectivity index (χ2v) is 4.09. The van der Waals surface area contributed by atoms with Crippen LogP contribution in [0.3, 0.4) is 0 Å². The maximum absolute atomic E-state index is 1.56. The molecule has 2 aliphatic rings. The van der Waals surface area contributed by atoms with Crippen molar-refractivity contribution < 1.29 is 37.7 Å². The molecule has 1 heteroatoms. The standard InChI is InChI=1S/C10H18.Ar/c1-2-6-10-8-4-3-7-9(10)5-1;/h9-10H,1-8H2;. The average Bonchev–Trinajstić information content (AvgIpc) is 2.05. The first-order valence-corrected chi connectivity index (χ1v) is 4.97. The van der Waals surface area contributed by atoms with Crippen LogP contribution in [0, 0.1) is 49.6 Å². The molecule has 0 nitrogen and oxygen atoms in total. The summed E-state index contributed by atoms with van der Waals surface area (Å²) in [6.45, 7) is 0. The molecule has 2 aliphatic carbocycles. The second-order valence-electron chi connectivity index (χ2n) is 4.09. The molecule has 66 valence electrons. The van der Waals surface area contributed by atoms with Gasteiger partial charge in [0.05, 0.1) is 0 Å². The summed E-state index contributed by atoms with van der Waals surface area (Å²) in [6.07, 6.45) is 12.4. The maximum atomic E-state index is 1.56. The van der Waals surface area contributed by atoms with Gasteiger partial charge in [-0.05, 0) is 11.8 Å². The average molecular weight is 178 g/mol. The van der Waals surface area contributed by atoms with E-state index in [4.69, 9.17) is 0 Å². The van der Waals surface area contributed by atoms with Gasteiger partial charge in [0.25, 0.3) is 0 Å². The summed E-state index contributed by atoms with van der Waals surface area (Å²) in [5.41, 5.74) is 0. The van der Waals surface area contributed by atoms with E-state index in [1.165, 1.54) is 25.7 Å². The Balaban J connectivity index is 0.000000605. The van der Waals surface area contributed by atoms with Crippen LogP contribution in [0.25, 0.3) is 0 Å². The first-order chi connectivity index (χ1) is 4.97. The molecule has 0 radical (unpaired) electrons. The topological polar surface area (TPSA) is 0 Å². The number of hydrogen-bond donors (Lipinski definition) is 0.